The lowest BCUT2D eigenvalue weighted by atomic mass is 9.45. The number of hydrogen-bond acceptors (Lipinski definition) is 10. The molecule has 13 heteroatoms. The molecular formula is C40H48N4O9. The van der Waals surface area contributed by atoms with Gasteiger partial charge in [-0.05, 0) is 90.0 Å². The van der Waals surface area contributed by atoms with Crippen LogP contribution in [0.15, 0.2) is 72.8 Å². The number of rotatable bonds is 11. The van der Waals surface area contributed by atoms with Gasteiger partial charge in [0.2, 0.25) is 5.91 Å². The maximum atomic E-state index is 14.3. The van der Waals surface area contributed by atoms with E-state index in [0.717, 1.165) is 29.5 Å². The first-order valence-electron chi connectivity index (χ1n) is 18.1. The van der Waals surface area contributed by atoms with Crippen LogP contribution in [0.1, 0.15) is 56.5 Å². The molecule has 3 aromatic carbocycles. The van der Waals surface area contributed by atoms with Crippen LogP contribution < -0.4 is 10.1 Å². The van der Waals surface area contributed by atoms with E-state index in [2.05, 4.69) is 26.1 Å². The van der Waals surface area contributed by atoms with Crippen molar-refractivity contribution in [1.82, 2.24) is 15.3 Å². The summed E-state index contributed by atoms with van der Waals surface area (Å²) in [5, 5.41) is 27.0. The summed E-state index contributed by atoms with van der Waals surface area (Å²) in [6.07, 6.45) is -0.923. The van der Waals surface area contributed by atoms with E-state index in [1.165, 1.54) is 29.2 Å². The number of ether oxygens (including phenoxy) is 2. The van der Waals surface area contributed by atoms with E-state index in [4.69, 9.17) is 14.3 Å². The number of hydrogen-bond donors (Lipinski definition) is 2. The van der Waals surface area contributed by atoms with Gasteiger partial charge in [-0.25, -0.2) is 4.79 Å². The van der Waals surface area contributed by atoms with Gasteiger partial charge in [0.05, 0.1) is 17.6 Å². The molecule has 3 saturated carbocycles. The van der Waals surface area contributed by atoms with Gasteiger partial charge in [-0.15, -0.1) is 0 Å². The van der Waals surface area contributed by atoms with E-state index in [1.807, 2.05) is 36.4 Å². The number of nitro benzene ring substituents is 1. The highest BCUT2D eigenvalue weighted by molar-refractivity contribution is 5.94. The summed E-state index contributed by atoms with van der Waals surface area (Å²) < 4.78 is 10.6. The molecule has 53 heavy (non-hydrogen) atoms. The zero-order chi connectivity index (χ0) is 38.2. The third-order valence-corrected chi connectivity index (χ3v) is 11.6. The second kappa shape index (κ2) is 15.2. The van der Waals surface area contributed by atoms with Crippen molar-refractivity contribution in [1.29, 1.82) is 0 Å². The van der Waals surface area contributed by atoms with E-state index in [9.17, 15) is 29.6 Å². The highest BCUT2D eigenvalue weighted by atomic mass is 16.7. The molecule has 0 aromatic heterocycles. The number of nitrogens with one attached hydrogen (secondary N) is 1. The molecule has 1 heterocycles. The average molecular weight is 729 g/mol. The van der Waals surface area contributed by atoms with Crippen LogP contribution >= 0.6 is 0 Å². The van der Waals surface area contributed by atoms with Gasteiger partial charge < -0.3 is 24.8 Å². The van der Waals surface area contributed by atoms with Gasteiger partial charge >= 0.3 is 6.16 Å². The maximum Gasteiger partial charge on any atom is 0.513 e. The molecule has 1 saturated heterocycles. The van der Waals surface area contributed by atoms with Crippen LogP contribution in [0.2, 0.25) is 0 Å². The summed E-state index contributed by atoms with van der Waals surface area (Å²) >= 11 is 0. The molecule has 3 aromatic rings. The summed E-state index contributed by atoms with van der Waals surface area (Å²) in [5.74, 6) is 0.255. The van der Waals surface area contributed by atoms with Gasteiger partial charge in [0.25, 0.3) is 11.6 Å². The first-order valence-corrected chi connectivity index (χ1v) is 18.1. The van der Waals surface area contributed by atoms with Crippen molar-refractivity contribution in [2.45, 2.75) is 71.4 Å². The summed E-state index contributed by atoms with van der Waals surface area (Å²) in [5.41, 5.74) is 3.32. The van der Waals surface area contributed by atoms with E-state index in [0.29, 0.717) is 17.4 Å². The Kier molecular flexibility index (Phi) is 10.9. The molecule has 2 amide bonds. The van der Waals surface area contributed by atoms with Crippen molar-refractivity contribution in [2.75, 3.05) is 20.7 Å². The fraction of sp³-hybridized carbons (Fsp3) is 0.475. The molecular weight excluding hydrogens is 680 g/mol. The molecule has 4 aliphatic rings. The molecule has 282 valence electrons. The lowest BCUT2D eigenvalue weighted by Crippen LogP contribution is -2.62. The number of amides is 2. The number of aliphatic hydroxyl groups excluding tert-OH is 1. The minimum atomic E-state index is -1.06. The van der Waals surface area contributed by atoms with Gasteiger partial charge in [0.1, 0.15) is 24.5 Å². The number of benzene rings is 3. The fourth-order valence-electron chi connectivity index (χ4n) is 8.48. The number of non-ortho nitro benzene ring substituents is 1. The summed E-state index contributed by atoms with van der Waals surface area (Å²) in [6.45, 7) is 8.26. The van der Waals surface area contributed by atoms with Crippen molar-refractivity contribution >= 4 is 23.7 Å². The molecule has 2 N–H and O–H groups in total. The molecule has 0 unspecified atom stereocenters. The third kappa shape index (κ3) is 7.92. The summed E-state index contributed by atoms with van der Waals surface area (Å²) in [4.78, 5) is 57.7. The Hall–Kier alpha value is -4.85. The lowest BCUT2D eigenvalue weighted by Gasteiger charge is -2.62. The van der Waals surface area contributed by atoms with Crippen molar-refractivity contribution in [2.24, 2.45) is 29.1 Å². The predicted molar refractivity (Wildman–Crippen MR) is 195 cm³/mol. The van der Waals surface area contributed by atoms with Crippen LogP contribution in [0.5, 0.6) is 5.75 Å². The Morgan fingerprint density at radius 1 is 1.06 bits per heavy atom. The monoisotopic (exact) mass is 728 g/mol. The topological polar surface area (TPSA) is 161 Å². The summed E-state index contributed by atoms with van der Waals surface area (Å²) in [6, 6.07) is 19.2. The quantitative estimate of drug-likeness (QED) is 0.106. The van der Waals surface area contributed by atoms with Crippen molar-refractivity contribution in [3.8, 4) is 16.9 Å². The minimum absolute atomic E-state index is 0.0200. The fourth-order valence-corrected chi connectivity index (χ4v) is 8.48. The number of carbonyl (C=O) groups excluding carboxylic acids is 3. The zero-order valence-electron chi connectivity index (χ0n) is 30.9. The molecule has 1 aliphatic heterocycles. The number of fused-ring (bicyclic) bond motifs is 2. The van der Waals surface area contributed by atoms with Gasteiger partial charge in [0, 0.05) is 43.8 Å². The number of carbonyl (C=O) groups is 3. The van der Waals surface area contributed by atoms with Crippen LogP contribution in [0.4, 0.5) is 10.5 Å². The largest absolute Gasteiger partial charge is 0.513 e. The lowest BCUT2D eigenvalue weighted by molar-refractivity contribution is -0.384. The third-order valence-electron chi connectivity index (χ3n) is 11.6. The Morgan fingerprint density at radius 2 is 1.75 bits per heavy atom. The molecule has 4 fully saturated rings. The molecule has 8 atom stereocenters. The SMILES string of the molecule is C[C@@H]1[C@@H](NC(=O)[C@@H]2[C@H]([C@H](C)O)[C@H](COC(=O)Oc3ccc([N+](=O)[O-])cc3)ON2Cc2cccc(-c3ccc(C(=O)N(C)C)cc3)c2)C[C@H]2C[C@@H]1C2(C)C. The molecule has 3 aliphatic carbocycles. The Balaban J connectivity index is 1.21. The van der Waals surface area contributed by atoms with Crippen LogP contribution in [0.3, 0.4) is 0 Å². The van der Waals surface area contributed by atoms with Gasteiger partial charge in [-0.1, -0.05) is 51.1 Å². The molecule has 0 radical (unpaired) electrons. The van der Waals surface area contributed by atoms with E-state index in [-0.39, 0.29) is 53.8 Å². The smallest absolute Gasteiger partial charge is 0.431 e. The number of nitro groups is 1. The van der Waals surface area contributed by atoms with Crippen LogP contribution in [0.25, 0.3) is 11.1 Å². The average Bonchev–Trinajstić information content (AvgIpc) is 3.49. The number of hydroxylamine groups is 2. The first kappa shape index (κ1) is 37.9. The number of nitrogens with zero attached hydrogens (tertiary/aromatic N) is 3. The number of aliphatic hydroxyl groups is 1. The normalized spacial score (nSPS) is 26.5. The second-order valence-electron chi connectivity index (χ2n) is 15.4. The highest BCUT2D eigenvalue weighted by Gasteiger charge is 2.57. The first-order chi connectivity index (χ1) is 25.1. The Bertz CT molecular complexity index is 1830. The molecule has 7 rings (SSSR count). The molecule has 13 nitrogen and oxygen atoms in total. The Morgan fingerprint density at radius 3 is 2.36 bits per heavy atom. The second-order valence-corrected chi connectivity index (χ2v) is 15.4. The van der Waals surface area contributed by atoms with Gasteiger partial charge in [0.15, 0.2) is 0 Å². The van der Waals surface area contributed by atoms with Crippen LogP contribution in [-0.4, -0.2) is 83.0 Å². The standard InChI is InChI=1S/C40H48N4O9/c1-23-32-19-29(40(32,3)4)20-33(23)41-37(46)36-35(24(2)45)34(22-51-39(48)52-31-16-14-30(15-17-31)44(49)50)53-43(36)21-25-8-7-9-28(18-25)26-10-12-27(13-11-26)38(47)42(5)6/h7-18,23-24,29,32-36,45H,19-22H2,1-6H3,(H,41,46)/t23-,24-,29+,32-,33-,34-,35+,36-/m0/s1. The highest BCUT2D eigenvalue weighted by Crippen LogP contribution is 2.61. The molecule has 2 bridgehead atoms. The Labute approximate surface area is 309 Å². The van der Waals surface area contributed by atoms with Gasteiger partial charge in [-0.2, -0.15) is 5.06 Å². The maximum absolute atomic E-state index is 14.3. The van der Waals surface area contributed by atoms with Gasteiger partial charge in [-0.3, -0.25) is 24.5 Å². The van der Waals surface area contributed by atoms with Crippen molar-refractivity contribution in [3.05, 3.63) is 94.0 Å². The van der Waals surface area contributed by atoms with E-state index in [1.54, 1.807) is 38.2 Å². The molecule has 0 spiro atoms. The van der Waals surface area contributed by atoms with Crippen molar-refractivity contribution in [3.63, 3.8) is 0 Å². The predicted octanol–water partition coefficient (Wildman–Crippen LogP) is 5.85. The van der Waals surface area contributed by atoms with E-state index >= 15 is 0 Å². The zero-order valence-corrected chi connectivity index (χ0v) is 30.9. The van der Waals surface area contributed by atoms with Crippen LogP contribution in [0, 0.1) is 39.2 Å². The minimum Gasteiger partial charge on any atom is -0.431 e. The summed E-state index contributed by atoms with van der Waals surface area (Å²) in [7, 11) is 3.41. The van der Waals surface area contributed by atoms with Crippen LogP contribution in [-0.2, 0) is 20.9 Å². The van der Waals surface area contributed by atoms with E-state index < -0.39 is 35.2 Å². The van der Waals surface area contributed by atoms with Crippen molar-refractivity contribution < 1.29 is 38.7 Å².